The molecule has 0 aliphatic heterocycles. The average Bonchev–Trinajstić information content (AvgIpc) is 2.92. The van der Waals surface area contributed by atoms with Crippen LogP contribution >= 0.6 is 0 Å². The van der Waals surface area contributed by atoms with Crippen LogP contribution < -0.4 is 9.47 Å². The normalized spacial score (nSPS) is 10.8. The summed E-state index contributed by atoms with van der Waals surface area (Å²) in [5.41, 5.74) is 0. The molecule has 0 bridgehead atoms. The van der Waals surface area contributed by atoms with Gasteiger partial charge in [-0.05, 0) is 25.7 Å². The van der Waals surface area contributed by atoms with Crippen LogP contribution in [0.5, 0.6) is 11.5 Å². The molecular formula is C14H20N4O2. The fourth-order valence-electron chi connectivity index (χ4n) is 1.67. The van der Waals surface area contributed by atoms with Crippen molar-refractivity contribution in [3.8, 4) is 11.5 Å². The Kier molecular flexibility index (Phi) is 4.95. The Labute approximate surface area is 118 Å². The number of ether oxygens (including phenoxy) is 2. The van der Waals surface area contributed by atoms with Crippen LogP contribution in [0.4, 0.5) is 0 Å². The second kappa shape index (κ2) is 6.91. The standard InChI is InChI=1S/C14H20N4O2/c1-4-18(2)9-13-15-14(17-16-13)10-20-12-7-5-6-11(8-12)19-3/h5-8H,4,9-10H2,1-3H3,(H,15,16,17). The van der Waals surface area contributed by atoms with Gasteiger partial charge in [-0.1, -0.05) is 13.0 Å². The van der Waals surface area contributed by atoms with Crippen molar-refractivity contribution in [2.45, 2.75) is 20.1 Å². The molecule has 6 heteroatoms. The molecule has 1 aromatic carbocycles. The molecular weight excluding hydrogens is 256 g/mol. The summed E-state index contributed by atoms with van der Waals surface area (Å²) in [7, 11) is 3.66. The van der Waals surface area contributed by atoms with Gasteiger partial charge < -0.3 is 9.47 Å². The Morgan fingerprint density at radius 3 is 2.85 bits per heavy atom. The van der Waals surface area contributed by atoms with Gasteiger partial charge in [0.05, 0.1) is 13.7 Å². The number of nitrogens with one attached hydrogen (secondary N) is 1. The third-order valence-electron chi connectivity index (χ3n) is 2.95. The lowest BCUT2D eigenvalue weighted by atomic mass is 10.3. The molecule has 0 aliphatic rings. The minimum Gasteiger partial charge on any atom is -0.497 e. The second-order valence-corrected chi connectivity index (χ2v) is 4.50. The smallest absolute Gasteiger partial charge is 0.164 e. The number of benzene rings is 1. The number of rotatable bonds is 7. The van der Waals surface area contributed by atoms with Crippen molar-refractivity contribution >= 4 is 0 Å². The molecule has 0 unspecified atom stereocenters. The molecule has 1 aromatic heterocycles. The highest BCUT2D eigenvalue weighted by molar-refractivity contribution is 5.32. The van der Waals surface area contributed by atoms with E-state index >= 15 is 0 Å². The highest BCUT2D eigenvalue weighted by atomic mass is 16.5. The Hall–Kier alpha value is -2.08. The number of methoxy groups -OCH3 is 1. The van der Waals surface area contributed by atoms with Crippen molar-refractivity contribution in [3.63, 3.8) is 0 Å². The van der Waals surface area contributed by atoms with Gasteiger partial charge >= 0.3 is 0 Å². The molecule has 1 N–H and O–H groups in total. The van der Waals surface area contributed by atoms with Gasteiger partial charge in [0, 0.05) is 6.07 Å². The van der Waals surface area contributed by atoms with Gasteiger partial charge in [-0.15, -0.1) is 0 Å². The monoisotopic (exact) mass is 276 g/mol. The first-order valence-electron chi connectivity index (χ1n) is 6.56. The van der Waals surface area contributed by atoms with Crippen LogP contribution in [0.3, 0.4) is 0 Å². The van der Waals surface area contributed by atoms with Crippen molar-refractivity contribution in [1.82, 2.24) is 20.1 Å². The lowest BCUT2D eigenvalue weighted by Gasteiger charge is -2.09. The van der Waals surface area contributed by atoms with Gasteiger partial charge in [0.15, 0.2) is 11.6 Å². The lowest BCUT2D eigenvalue weighted by molar-refractivity contribution is 0.293. The van der Waals surface area contributed by atoms with Crippen LogP contribution in [0.25, 0.3) is 0 Å². The average molecular weight is 276 g/mol. The van der Waals surface area contributed by atoms with Gasteiger partial charge in [-0.2, -0.15) is 5.10 Å². The Morgan fingerprint density at radius 2 is 2.10 bits per heavy atom. The molecule has 2 aromatic rings. The highest BCUT2D eigenvalue weighted by Gasteiger charge is 2.06. The van der Waals surface area contributed by atoms with Crippen LogP contribution in [0.2, 0.25) is 0 Å². The number of hydrogen-bond acceptors (Lipinski definition) is 5. The zero-order valence-electron chi connectivity index (χ0n) is 12.1. The zero-order chi connectivity index (χ0) is 14.4. The van der Waals surface area contributed by atoms with E-state index in [9.17, 15) is 0 Å². The lowest BCUT2D eigenvalue weighted by Crippen LogP contribution is -2.17. The first-order chi connectivity index (χ1) is 9.71. The summed E-state index contributed by atoms with van der Waals surface area (Å²) >= 11 is 0. The molecule has 0 fully saturated rings. The van der Waals surface area contributed by atoms with Crippen molar-refractivity contribution in [2.75, 3.05) is 20.7 Å². The number of nitrogens with zero attached hydrogens (tertiary/aromatic N) is 3. The molecule has 0 spiro atoms. The molecule has 108 valence electrons. The molecule has 0 atom stereocenters. The summed E-state index contributed by atoms with van der Waals surface area (Å²) in [6.07, 6.45) is 0. The fraction of sp³-hybridized carbons (Fsp3) is 0.429. The quantitative estimate of drug-likeness (QED) is 0.836. The van der Waals surface area contributed by atoms with Crippen LogP contribution in [-0.4, -0.2) is 40.8 Å². The van der Waals surface area contributed by atoms with E-state index in [-0.39, 0.29) is 0 Å². The molecule has 0 amide bonds. The van der Waals surface area contributed by atoms with Crippen LogP contribution in [0.15, 0.2) is 24.3 Å². The summed E-state index contributed by atoms with van der Waals surface area (Å²) in [6.45, 7) is 4.14. The van der Waals surface area contributed by atoms with E-state index < -0.39 is 0 Å². The van der Waals surface area contributed by atoms with E-state index in [4.69, 9.17) is 9.47 Å². The minimum absolute atomic E-state index is 0.357. The topological polar surface area (TPSA) is 63.3 Å². The Morgan fingerprint density at radius 1 is 1.30 bits per heavy atom. The first kappa shape index (κ1) is 14.3. The zero-order valence-corrected chi connectivity index (χ0v) is 12.1. The van der Waals surface area contributed by atoms with Crippen molar-refractivity contribution in [2.24, 2.45) is 0 Å². The molecule has 0 saturated carbocycles. The number of aromatic nitrogens is 3. The molecule has 0 aliphatic carbocycles. The van der Waals surface area contributed by atoms with Crippen LogP contribution in [0.1, 0.15) is 18.6 Å². The Bertz CT molecular complexity index is 541. The summed E-state index contributed by atoms with van der Waals surface area (Å²) in [5, 5.41) is 7.06. The molecule has 0 radical (unpaired) electrons. The summed E-state index contributed by atoms with van der Waals surface area (Å²) in [6, 6.07) is 7.48. The molecule has 0 saturated heterocycles. The van der Waals surface area contributed by atoms with Gasteiger partial charge in [-0.25, -0.2) is 4.98 Å². The molecule has 6 nitrogen and oxygen atoms in total. The van der Waals surface area contributed by atoms with E-state index in [0.29, 0.717) is 12.4 Å². The van der Waals surface area contributed by atoms with Gasteiger partial charge in [0.2, 0.25) is 0 Å². The van der Waals surface area contributed by atoms with Crippen molar-refractivity contribution in [3.05, 3.63) is 35.9 Å². The predicted octanol–water partition coefficient (Wildman–Crippen LogP) is 1.84. The number of hydrogen-bond donors (Lipinski definition) is 1. The third-order valence-corrected chi connectivity index (χ3v) is 2.95. The molecule has 2 rings (SSSR count). The summed E-state index contributed by atoms with van der Waals surface area (Å²) in [4.78, 5) is 6.53. The Balaban J connectivity index is 1.90. The van der Waals surface area contributed by atoms with E-state index in [1.54, 1.807) is 7.11 Å². The van der Waals surface area contributed by atoms with E-state index in [1.807, 2.05) is 31.3 Å². The maximum atomic E-state index is 5.65. The largest absolute Gasteiger partial charge is 0.497 e. The summed E-state index contributed by atoms with van der Waals surface area (Å²) < 4.78 is 10.8. The first-order valence-corrected chi connectivity index (χ1v) is 6.56. The second-order valence-electron chi connectivity index (χ2n) is 4.50. The van der Waals surface area contributed by atoms with Crippen molar-refractivity contribution in [1.29, 1.82) is 0 Å². The maximum Gasteiger partial charge on any atom is 0.164 e. The predicted molar refractivity (Wildman–Crippen MR) is 75.7 cm³/mol. The SMILES string of the molecule is CCN(C)Cc1n[nH]c(COc2cccc(OC)c2)n1. The third kappa shape index (κ3) is 3.96. The molecule has 1 heterocycles. The highest BCUT2D eigenvalue weighted by Crippen LogP contribution is 2.19. The van der Waals surface area contributed by atoms with Crippen molar-refractivity contribution < 1.29 is 9.47 Å². The fourth-order valence-corrected chi connectivity index (χ4v) is 1.67. The van der Waals surface area contributed by atoms with E-state index in [2.05, 4.69) is 27.0 Å². The van der Waals surface area contributed by atoms with Gasteiger partial charge in [0.1, 0.15) is 18.1 Å². The van der Waals surface area contributed by atoms with Crippen LogP contribution in [-0.2, 0) is 13.2 Å². The summed E-state index contributed by atoms with van der Waals surface area (Å²) in [5.74, 6) is 3.00. The van der Waals surface area contributed by atoms with Gasteiger partial charge in [-0.3, -0.25) is 10.00 Å². The minimum atomic E-state index is 0.357. The maximum absolute atomic E-state index is 5.65. The van der Waals surface area contributed by atoms with E-state index in [1.165, 1.54) is 0 Å². The van der Waals surface area contributed by atoms with Gasteiger partial charge in [0.25, 0.3) is 0 Å². The number of H-pyrrole nitrogens is 1. The number of aromatic amines is 1. The van der Waals surface area contributed by atoms with E-state index in [0.717, 1.165) is 30.4 Å². The molecule has 20 heavy (non-hydrogen) atoms. The van der Waals surface area contributed by atoms with Crippen LogP contribution in [0, 0.1) is 0 Å².